The molecule has 0 saturated heterocycles. The Balaban J connectivity index is 1.71. The molecule has 0 atom stereocenters. The second-order valence-corrected chi connectivity index (χ2v) is 7.35. The number of H-pyrrole nitrogens is 1. The normalized spacial score (nSPS) is 11.3. The molecule has 2 aromatic heterocycles. The van der Waals surface area contributed by atoms with E-state index in [1.165, 1.54) is 4.57 Å². The summed E-state index contributed by atoms with van der Waals surface area (Å²) >= 11 is 0. The van der Waals surface area contributed by atoms with E-state index in [1.54, 1.807) is 17.8 Å². The number of hydrogen-bond acceptors (Lipinski definition) is 6. The summed E-state index contributed by atoms with van der Waals surface area (Å²) in [6, 6.07) is 17.6. The number of nitrogens with zero attached hydrogens (tertiary/aromatic N) is 5. The number of anilines is 2. The topological polar surface area (TPSA) is 100 Å². The molecule has 0 saturated carbocycles. The van der Waals surface area contributed by atoms with Gasteiger partial charge < -0.3 is 4.90 Å². The third-order valence-corrected chi connectivity index (χ3v) is 4.98. The lowest BCUT2D eigenvalue weighted by molar-refractivity contribution is 0.808. The summed E-state index contributed by atoms with van der Waals surface area (Å²) in [4.78, 5) is 33.4. The molecule has 0 spiro atoms. The van der Waals surface area contributed by atoms with Crippen LogP contribution in [0.4, 0.5) is 11.6 Å². The highest BCUT2D eigenvalue weighted by atomic mass is 16.2. The fourth-order valence-corrected chi connectivity index (χ4v) is 3.26. The lowest BCUT2D eigenvalue weighted by Crippen LogP contribution is -2.29. The van der Waals surface area contributed by atoms with Crippen molar-refractivity contribution in [3.63, 3.8) is 0 Å². The maximum Gasteiger partial charge on any atom is 0.329 e. The molecule has 0 unspecified atom stereocenters. The molecule has 0 aliphatic rings. The number of benzene rings is 2. The van der Waals surface area contributed by atoms with Crippen molar-refractivity contribution in [2.45, 2.75) is 6.54 Å². The molecule has 0 fully saturated rings. The molecular weight excluding hydrogens is 394 g/mol. The van der Waals surface area contributed by atoms with Gasteiger partial charge in [0.15, 0.2) is 11.2 Å². The molecule has 2 heterocycles. The van der Waals surface area contributed by atoms with E-state index in [1.807, 2.05) is 73.6 Å². The summed E-state index contributed by atoms with van der Waals surface area (Å²) in [7, 11) is 5.54. The van der Waals surface area contributed by atoms with Crippen molar-refractivity contribution in [2.75, 3.05) is 24.4 Å². The molecule has 0 aliphatic carbocycles. The fraction of sp³-hybridized carbons (Fsp3) is 0.182. The Kier molecular flexibility index (Phi) is 5.40. The summed E-state index contributed by atoms with van der Waals surface area (Å²) in [6.45, 7) is 0.397. The van der Waals surface area contributed by atoms with E-state index in [0.29, 0.717) is 18.0 Å². The number of aromatic amines is 1. The Morgan fingerprint density at radius 1 is 1.10 bits per heavy atom. The van der Waals surface area contributed by atoms with Crippen molar-refractivity contribution in [2.24, 2.45) is 12.1 Å². The second-order valence-electron chi connectivity index (χ2n) is 7.35. The van der Waals surface area contributed by atoms with Crippen molar-refractivity contribution in [3.8, 4) is 0 Å². The van der Waals surface area contributed by atoms with E-state index < -0.39 is 11.2 Å². The number of hydrazone groups is 1. The average Bonchev–Trinajstić information content (AvgIpc) is 3.12. The largest absolute Gasteiger partial charge is 0.378 e. The highest BCUT2D eigenvalue weighted by Gasteiger charge is 2.17. The number of aryl methyl sites for hydroxylation is 1. The summed E-state index contributed by atoms with van der Waals surface area (Å²) in [5.41, 5.74) is 5.51. The van der Waals surface area contributed by atoms with Crippen molar-refractivity contribution in [1.82, 2.24) is 19.1 Å². The predicted octanol–water partition coefficient (Wildman–Crippen LogP) is 1.98. The lowest BCUT2D eigenvalue weighted by Gasteiger charge is -2.11. The first-order valence-corrected chi connectivity index (χ1v) is 9.74. The van der Waals surface area contributed by atoms with Gasteiger partial charge >= 0.3 is 5.69 Å². The highest BCUT2D eigenvalue weighted by molar-refractivity contribution is 5.81. The van der Waals surface area contributed by atoms with Gasteiger partial charge in [-0.15, -0.1) is 0 Å². The van der Waals surface area contributed by atoms with E-state index in [0.717, 1.165) is 16.8 Å². The first kappa shape index (κ1) is 20.1. The maximum atomic E-state index is 12.6. The van der Waals surface area contributed by atoms with Gasteiger partial charge in [-0.3, -0.25) is 18.9 Å². The Morgan fingerprint density at radius 2 is 1.81 bits per heavy atom. The summed E-state index contributed by atoms with van der Waals surface area (Å²) < 4.78 is 3.03. The van der Waals surface area contributed by atoms with Crippen LogP contribution in [-0.2, 0) is 13.6 Å². The fourth-order valence-electron chi connectivity index (χ4n) is 3.26. The number of imidazole rings is 1. The lowest BCUT2D eigenvalue weighted by atomic mass is 10.2. The van der Waals surface area contributed by atoms with Gasteiger partial charge in [-0.2, -0.15) is 10.1 Å². The smallest absolute Gasteiger partial charge is 0.329 e. The molecule has 9 nitrogen and oxygen atoms in total. The van der Waals surface area contributed by atoms with E-state index in [-0.39, 0.29) is 5.65 Å². The molecule has 31 heavy (non-hydrogen) atoms. The number of fused-ring (bicyclic) bond motifs is 1. The number of aromatic nitrogens is 4. The van der Waals surface area contributed by atoms with Crippen LogP contribution in [0.3, 0.4) is 0 Å². The van der Waals surface area contributed by atoms with Gasteiger partial charge in [-0.1, -0.05) is 42.5 Å². The Morgan fingerprint density at radius 3 is 2.48 bits per heavy atom. The van der Waals surface area contributed by atoms with Crippen LogP contribution >= 0.6 is 0 Å². The molecule has 4 rings (SSSR count). The third kappa shape index (κ3) is 4.11. The van der Waals surface area contributed by atoms with Crippen molar-refractivity contribution in [3.05, 3.63) is 86.6 Å². The van der Waals surface area contributed by atoms with E-state index in [9.17, 15) is 9.59 Å². The molecule has 0 amide bonds. The Labute approximate surface area is 178 Å². The zero-order chi connectivity index (χ0) is 22.0. The number of rotatable bonds is 6. The van der Waals surface area contributed by atoms with Crippen LogP contribution in [0.1, 0.15) is 11.1 Å². The SMILES string of the molecule is CN(C)c1ccc(/C=N\Nc2nc3c(c(=O)[nH]c(=O)n3C)n2Cc2ccccc2)cc1. The number of nitrogens with one attached hydrogen (secondary N) is 2. The Hall–Kier alpha value is -4.14. The number of hydrogen-bond donors (Lipinski definition) is 2. The van der Waals surface area contributed by atoms with Gasteiger partial charge in [-0.05, 0) is 23.3 Å². The monoisotopic (exact) mass is 417 g/mol. The minimum Gasteiger partial charge on any atom is -0.378 e. The van der Waals surface area contributed by atoms with Gasteiger partial charge in [0.1, 0.15) is 0 Å². The minimum atomic E-state index is -0.516. The first-order chi connectivity index (χ1) is 14.9. The van der Waals surface area contributed by atoms with E-state index >= 15 is 0 Å². The summed E-state index contributed by atoms with van der Waals surface area (Å²) in [5, 5.41) is 4.29. The van der Waals surface area contributed by atoms with Gasteiger partial charge in [0.05, 0.1) is 12.8 Å². The average molecular weight is 417 g/mol. The van der Waals surface area contributed by atoms with Crippen LogP contribution in [0.5, 0.6) is 0 Å². The van der Waals surface area contributed by atoms with Crippen molar-refractivity contribution >= 4 is 29.0 Å². The zero-order valence-corrected chi connectivity index (χ0v) is 17.5. The van der Waals surface area contributed by atoms with Crippen molar-refractivity contribution in [1.29, 1.82) is 0 Å². The third-order valence-electron chi connectivity index (χ3n) is 4.98. The molecule has 158 valence electrons. The molecule has 2 N–H and O–H groups in total. The maximum absolute atomic E-state index is 12.6. The molecule has 2 aromatic carbocycles. The van der Waals surface area contributed by atoms with Crippen molar-refractivity contribution < 1.29 is 0 Å². The van der Waals surface area contributed by atoms with Gasteiger partial charge in [0.2, 0.25) is 5.95 Å². The molecule has 0 aliphatic heterocycles. The minimum absolute atomic E-state index is 0.290. The second kappa shape index (κ2) is 8.31. The van der Waals surface area contributed by atoms with Gasteiger partial charge in [-0.25, -0.2) is 10.2 Å². The van der Waals surface area contributed by atoms with Crippen LogP contribution in [0.15, 0.2) is 69.3 Å². The molecule has 4 aromatic rings. The molecule has 0 radical (unpaired) electrons. The standard InChI is InChI=1S/C22H23N7O2/c1-27(2)17-11-9-15(10-12-17)13-23-26-21-24-19-18(20(30)25-22(31)28(19)3)29(21)14-16-7-5-4-6-8-16/h4-13H,14H2,1-3H3,(H,24,26)(H,25,30,31)/b23-13-. The van der Waals surface area contributed by atoms with Crippen LogP contribution < -0.4 is 21.6 Å². The van der Waals surface area contributed by atoms with Crippen LogP contribution in [0.2, 0.25) is 0 Å². The molecular formula is C22H23N7O2. The van der Waals surface area contributed by atoms with E-state index in [4.69, 9.17) is 0 Å². The van der Waals surface area contributed by atoms with Crippen LogP contribution in [0.25, 0.3) is 11.2 Å². The quantitative estimate of drug-likeness (QED) is 0.369. The first-order valence-electron chi connectivity index (χ1n) is 9.74. The molecule has 9 heteroatoms. The summed E-state index contributed by atoms with van der Waals surface area (Å²) in [6.07, 6.45) is 1.68. The van der Waals surface area contributed by atoms with Crippen LogP contribution in [0, 0.1) is 0 Å². The predicted molar refractivity (Wildman–Crippen MR) is 123 cm³/mol. The van der Waals surface area contributed by atoms with E-state index in [2.05, 4.69) is 20.5 Å². The Bertz CT molecular complexity index is 1350. The van der Waals surface area contributed by atoms with Crippen LogP contribution in [-0.4, -0.2) is 39.4 Å². The summed E-state index contributed by atoms with van der Waals surface area (Å²) in [5.74, 6) is 0.367. The highest BCUT2D eigenvalue weighted by Crippen LogP contribution is 2.18. The van der Waals surface area contributed by atoms with Gasteiger partial charge in [0, 0.05) is 26.8 Å². The molecule has 0 bridgehead atoms. The van der Waals surface area contributed by atoms with Gasteiger partial charge in [0.25, 0.3) is 5.56 Å². The zero-order valence-electron chi connectivity index (χ0n) is 17.5.